The van der Waals surface area contributed by atoms with Crippen molar-refractivity contribution in [3.63, 3.8) is 0 Å². The molecule has 0 saturated heterocycles. The quantitative estimate of drug-likeness (QED) is 0.828. The van der Waals surface area contributed by atoms with Crippen LogP contribution in [0.4, 0.5) is 0 Å². The highest BCUT2D eigenvalue weighted by molar-refractivity contribution is 5.12. The topological polar surface area (TPSA) is 51.4 Å². The van der Waals surface area contributed by atoms with Gasteiger partial charge in [0.25, 0.3) is 0 Å². The van der Waals surface area contributed by atoms with E-state index in [-0.39, 0.29) is 5.54 Å². The van der Waals surface area contributed by atoms with E-state index in [1.165, 1.54) is 5.56 Å². The Hall–Kier alpha value is -0.970. The van der Waals surface area contributed by atoms with E-state index in [9.17, 15) is 0 Å². The van der Waals surface area contributed by atoms with E-state index in [4.69, 9.17) is 10.5 Å². The van der Waals surface area contributed by atoms with Crippen LogP contribution in [0.25, 0.3) is 0 Å². The summed E-state index contributed by atoms with van der Waals surface area (Å²) in [6.07, 6.45) is 6.09. The van der Waals surface area contributed by atoms with Crippen LogP contribution >= 0.6 is 0 Å². The number of rotatable bonds is 5. The van der Waals surface area contributed by atoms with Gasteiger partial charge in [-0.05, 0) is 37.6 Å². The van der Waals surface area contributed by atoms with Gasteiger partial charge in [-0.1, -0.05) is 0 Å². The van der Waals surface area contributed by atoms with Crippen molar-refractivity contribution in [2.75, 3.05) is 20.7 Å². The van der Waals surface area contributed by atoms with Crippen molar-refractivity contribution in [3.8, 4) is 0 Å². The predicted octanol–water partition coefficient (Wildman–Crippen LogP) is 1.02. The molecule has 1 aromatic heterocycles. The van der Waals surface area contributed by atoms with E-state index in [1.54, 1.807) is 7.11 Å². The Morgan fingerprint density at radius 2 is 2.12 bits per heavy atom. The van der Waals surface area contributed by atoms with E-state index >= 15 is 0 Å². The fourth-order valence-electron chi connectivity index (χ4n) is 2.52. The third-order valence-corrected chi connectivity index (χ3v) is 3.91. The van der Waals surface area contributed by atoms with E-state index in [1.807, 2.05) is 24.5 Å². The summed E-state index contributed by atoms with van der Waals surface area (Å²) in [5, 5.41) is 0. The van der Waals surface area contributed by atoms with E-state index in [2.05, 4.69) is 16.9 Å². The molecule has 0 spiro atoms. The Balaban J connectivity index is 1.97. The van der Waals surface area contributed by atoms with Crippen molar-refractivity contribution in [1.29, 1.82) is 0 Å². The zero-order valence-corrected chi connectivity index (χ0v) is 10.6. The lowest BCUT2D eigenvalue weighted by Gasteiger charge is -2.52. The number of aromatic nitrogens is 1. The number of methoxy groups -OCH3 is 1. The Morgan fingerprint density at radius 1 is 1.47 bits per heavy atom. The Kier molecular flexibility index (Phi) is 3.76. The first kappa shape index (κ1) is 12.5. The molecule has 1 aliphatic rings. The molecular weight excluding hydrogens is 214 g/mol. The maximum atomic E-state index is 5.93. The SMILES string of the molecule is COC1CC(CN)(N(C)Cc2ccncc2)C1. The molecule has 0 amide bonds. The van der Waals surface area contributed by atoms with Gasteiger partial charge in [0.1, 0.15) is 0 Å². The number of hydrogen-bond acceptors (Lipinski definition) is 4. The summed E-state index contributed by atoms with van der Waals surface area (Å²) in [5.74, 6) is 0. The summed E-state index contributed by atoms with van der Waals surface area (Å²) in [6, 6.07) is 4.10. The molecule has 0 atom stereocenters. The Labute approximate surface area is 103 Å². The third-order valence-electron chi connectivity index (χ3n) is 3.91. The highest BCUT2D eigenvalue weighted by Crippen LogP contribution is 2.38. The molecule has 1 aromatic rings. The van der Waals surface area contributed by atoms with Gasteiger partial charge in [0, 0.05) is 38.1 Å². The fourth-order valence-corrected chi connectivity index (χ4v) is 2.52. The summed E-state index contributed by atoms with van der Waals surface area (Å²) < 4.78 is 5.35. The van der Waals surface area contributed by atoms with E-state index in [0.717, 1.165) is 19.4 Å². The van der Waals surface area contributed by atoms with Crippen LogP contribution in [0.3, 0.4) is 0 Å². The molecule has 1 saturated carbocycles. The van der Waals surface area contributed by atoms with Crippen molar-refractivity contribution in [1.82, 2.24) is 9.88 Å². The molecule has 2 rings (SSSR count). The first-order chi connectivity index (χ1) is 8.20. The Morgan fingerprint density at radius 3 is 2.65 bits per heavy atom. The summed E-state index contributed by atoms with van der Waals surface area (Å²) in [7, 11) is 3.91. The molecule has 4 nitrogen and oxygen atoms in total. The lowest BCUT2D eigenvalue weighted by molar-refractivity contribution is -0.0811. The van der Waals surface area contributed by atoms with Gasteiger partial charge in [0.15, 0.2) is 0 Å². The van der Waals surface area contributed by atoms with Gasteiger partial charge in [0.05, 0.1) is 6.10 Å². The van der Waals surface area contributed by atoms with Crippen LogP contribution < -0.4 is 5.73 Å². The Bertz CT molecular complexity index is 349. The molecule has 0 radical (unpaired) electrons. The molecule has 17 heavy (non-hydrogen) atoms. The molecule has 1 heterocycles. The number of ether oxygens (including phenoxy) is 1. The number of nitrogens with zero attached hydrogens (tertiary/aromatic N) is 2. The number of nitrogens with two attached hydrogens (primary N) is 1. The zero-order chi connectivity index (χ0) is 12.3. The van der Waals surface area contributed by atoms with Gasteiger partial charge in [-0.3, -0.25) is 9.88 Å². The summed E-state index contributed by atoms with van der Waals surface area (Å²) in [6.45, 7) is 1.60. The van der Waals surface area contributed by atoms with E-state index < -0.39 is 0 Å². The van der Waals surface area contributed by atoms with Crippen LogP contribution in [-0.2, 0) is 11.3 Å². The van der Waals surface area contributed by atoms with Gasteiger partial charge in [-0.25, -0.2) is 0 Å². The van der Waals surface area contributed by atoms with Gasteiger partial charge in [0.2, 0.25) is 0 Å². The minimum absolute atomic E-state index is 0.115. The molecule has 1 aliphatic carbocycles. The van der Waals surface area contributed by atoms with Gasteiger partial charge in [-0.15, -0.1) is 0 Å². The van der Waals surface area contributed by atoms with Crippen molar-refractivity contribution in [2.45, 2.75) is 31.0 Å². The summed E-state index contributed by atoms with van der Waals surface area (Å²) >= 11 is 0. The highest BCUT2D eigenvalue weighted by Gasteiger charge is 2.46. The third kappa shape index (κ3) is 2.49. The molecule has 0 aromatic carbocycles. The van der Waals surface area contributed by atoms with Crippen LogP contribution in [0.1, 0.15) is 18.4 Å². The largest absolute Gasteiger partial charge is 0.381 e. The van der Waals surface area contributed by atoms with Gasteiger partial charge >= 0.3 is 0 Å². The normalized spacial score (nSPS) is 28.1. The second-order valence-electron chi connectivity index (χ2n) is 4.91. The number of likely N-dealkylation sites (N-methyl/N-ethyl adjacent to an activating group) is 1. The molecule has 1 fully saturated rings. The molecule has 94 valence electrons. The fraction of sp³-hybridized carbons (Fsp3) is 0.615. The van der Waals surface area contributed by atoms with Crippen molar-refractivity contribution >= 4 is 0 Å². The zero-order valence-electron chi connectivity index (χ0n) is 10.6. The van der Waals surface area contributed by atoms with Gasteiger partial charge < -0.3 is 10.5 Å². The molecule has 0 bridgehead atoms. The smallest absolute Gasteiger partial charge is 0.0607 e. The van der Waals surface area contributed by atoms with Crippen LogP contribution in [0, 0.1) is 0 Å². The van der Waals surface area contributed by atoms with Crippen molar-refractivity contribution in [3.05, 3.63) is 30.1 Å². The molecule has 4 heteroatoms. The van der Waals surface area contributed by atoms with E-state index in [0.29, 0.717) is 12.6 Å². The molecule has 0 unspecified atom stereocenters. The van der Waals surface area contributed by atoms with Crippen molar-refractivity contribution in [2.24, 2.45) is 5.73 Å². The molecular formula is C13H21N3O. The molecule has 2 N–H and O–H groups in total. The van der Waals surface area contributed by atoms with Gasteiger partial charge in [-0.2, -0.15) is 0 Å². The second kappa shape index (κ2) is 5.12. The lowest BCUT2D eigenvalue weighted by atomic mass is 9.73. The lowest BCUT2D eigenvalue weighted by Crippen LogP contribution is -2.62. The monoisotopic (exact) mass is 235 g/mol. The summed E-state index contributed by atoms with van der Waals surface area (Å²) in [5.41, 5.74) is 7.32. The standard InChI is InChI=1S/C13H21N3O/c1-16(9-11-3-5-15-6-4-11)13(10-14)7-12(8-13)17-2/h3-6,12H,7-10,14H2,1-2H3. The van der Waals surface area contributed by atoms with Crippen molar-refractivity contribution < 1.29 is 4.74 Å². The number of pyridine rings is 1. The first-order valence-electron chi connectivity index (χ1n) is 6.03. The van der Waals surface area contributed by atoms with Crippen LogP contribution in [0.15, 0.2) is 24.5 Å². The average Bonchev–Trinajstić information content (AvgIpc) is 2.30. The molecule has 0 aliphatic heterocycles. The van der Waals surface area contributed by atoms with Crippen LogP contribution in [0.5, 0.6) is 0 Å². The second-order valence-corrected chi connectivity index (χ2v) is 4.91. The maximum absolute atomic E-state index is 5.93. The average molecular weight is 235 g/mol. The first-order valence-corrected chi connectivity index (χ1v) is 6.03. The highest BCUT2D eigenvalue weighted by atomic mass is 16.5. The van der Waals surface area contributed by atoms with Crippen LogP contribution in [0.2, 0.25) is 0 Å². The minimum atomic E-state index is 0.115. The predicted molar refractivity (Wildman–Crippen MR) is 67.5 cm³/mol. The van der Waals surface area contributed by atoms with Crippen LogP contribution in [-0.4, -0.2) is 42.2 Å². The maximum Gasteiger partial charge on any atom is 0.0607 e. The minimum Gasteiger partial charge on any atom is -0.381 e. The summed E-state index contributed by atoms with van der Waals surface area (Å²) in [4.78, 5) is 6.38. The number of hydrogen-bond donors (Lipinski definition) is 1.